The van der Waals surface area contributed by atoms with Crippen molar-refractivity contribution >= 4 is 5.91 Å². The van der Waals surface area contributed by atoms with Gasteiger partial charge < -0.3 is 10.2 Å². The molecule has 2 unspecified atom stereocenters. The predicted octanol–water partition coefficient (Wildman–Crippen LogP) is -0.132. The summed E-state index contributed by atoms with van der Waals surface area (Å²) in [7, 11) is 1.89. The summed E-state index contributed by atoms with van der Waals surface area (Å²) in [6, 6.07) is 4.14. The quantitative estimate of drug-likeness (QED) is 0.750. The van der Waals surface area contributed by atoms with Gasteiger partial charge in [0.15, 0.2) is 0 Å². The number of hydrogen-bond acceptors (Lipinski definition) is 4. The molecule has 5 nitrogen and oxygen atoms in total. The molecule has 96 valence electrons. The van der Waals surface area contributed by atoms with Crippen molar-refractivity contribution in [2.75, 3.05) is 33.2 Å². The van der Waals surface area contributed by atoms with Crippen LogP contribution in [0.3, 0.4) is 0 Å². The van der Waals surface area contributed by atoms with E-state index >= 15 is 0 Å². The summed E-state index contributed by atoms with van der Waals surface area (Å²) < 4.78 is 0. The van der Waals surface area contributed by atoms with Crippen LogP contribution in [0.2, 0.25) is 0 Å². The monoisotopic (exact) mass is 246 g/mol. The van der Waals surface area contributed by atoms with Gasteiger partial charge in [-0.25, -0.2) is 0 Å². The van der Waals surface area contributed by atoms with Crippen LogP contribution in [-0.4, -0.2) is 60.0 Å². The Hall–Kier alpha value is -1.46. The fraction of sp³-hybridized carbons (Fsp3) is 0.538. The van der Waals surface area contributed by atoms with Crippen molar-refractivity contribution in [3.8, 4) is 0 Å². The number of nitrogens with one attached hydrogen (secondary N) is 1. The Balaban J connectivity index is 1.95. The Labute approximate surface area is 107 Å². The number of carbonyl (C=O) groups is 1. The van der Waals surface area contributed by atoms with Crippen LogP contribution in [0.4, 0.5) is 0 Å². The van der Waals surface area contributed by atoms with Crippen molar-refractivity contribution in [3.63, 3.8) is 0 Å². The highest BCUT2D eigenvalue weighted by Gasteiger charge is 2.40. The number of likely N-dealkylation sites (N-methyl/N-ethyl adjacent to an activating group) is 1. The number of pyridine rings is 1. The van der Waals surface area contributed by atoms with E-state index < -0.39 is 0 Å². The summed E-state index contributed by atoms with van der Waals surface area (Å²) in [5.41, 5.74) is 1.00. The van der Waals surface area contributed by atoms with Crippen LogP contribution >= 0.6 is 0 Å². The highest BCUT2D eigenvalue weighted by Crippen LogP contribution is 2.29. The number of nitrogens with zero attached hydrogens (tertiary/aromatic N) is 3. The molecule has 2 saturated heterocycles. The molecule has 0 aliphatic carbocycles. The minimum atomic E-state index is -0.162. The molecule has 0 bridgehead atoms. The summed E-state index contributed by atoms with van der Waals surface area (Å²) >= 11 is 0. The van der Waals surface area contributed by atoms with E-state index in [1.165, 1.54) is 0 Å². The Morgan fingerprint density at radius 2 is 2.39 bits per heavy atom. The van der Waals surface area contributed by atoms with Crippen LogP contribution in [0.15, 0.2) is 24.5 Å². The first kappa shape index (κ1) is 11.6. The lowest BCUT2D eigenvalue weighted by molar-refractivity contribution is -0.144. The van der Waals surface area contributed by atoms with Gasteiger partial charge in [-0.2, -0.15) is 0 Å². The average Bonchev–Trinajstić information content (AvgIpc) is 2.41. The summed E-state index contributed by atoms with van der Waals surface area (Å²) in [6.07, 6.45) is 3.55. The van der Waals surface area contributed by atoms with Crippen molar-refractivity contribution in [1.82, 2.24) is 20.1 Å². The predicted molar refractivity (Wildman–Crippen MR) is 68.0 cm³/mol. The molecule has 2 aliphatic rings. The number of carbonyl (C=O) groups excluding carboxylic acids is 1. The molecule has 2 atom stereocenters. The van der Waals surface area contributed by atoms with Gasteiger partial charge in [-0.05, 0) is 11.6 Å². The molecular weight excluding hydrogens is 228 g/mol. The van der Waals surface area contributed by atoms with Crippen LogP contribution in [0.1, 0.15) is 11.6 Å². The van der Waals surface area contributed by atoms with E-state index in [1.54, 1.807) is 12.4 Å². The molecule has 0 spiro atoms. The second-order valence-corrected chi connectivity index (χ2v) is 5.00. The Morgan fingerprint density at radius 3 is 3.17 bits per heavy atom. The third kappa shape index (κ3) is 1.89. The second-order valence-electron chi connectivity index (χ2n) is 5.00. The maximum Gasteiger partial charge on any atom is 0.244 e. The summed E-state index contributed by atoms with van der Waals surface area (Å²) in [4.78, 5) is 20.7. The number of fused-ring (bicyclic) bond motifs is 1. The molecule has 2 aliphatic heterocycles. The van der Waals surface area contributed by atoms with Crippen molar-refractivity contribution < 1.29 is 4.79 Å². The largest absolute Gasteiger partial charge is 0.342 e. The molecular formula is C13H18N4O. The minimum Gasteiger partial charge on any atom is -0.342 e. The fourth-order valence-corrected chi connectivity index (χ4v) is 2.91. The van der Waals surface area contributed by atoms with E-state index in [2.05, 4.69) is 15.2 Å². The SMILES string of the molecule is CN1CC2CNCCN2C(c2cccnc2)C1=O. The first-order chi connectivity index (χ1) is 8.77. The first-order valence-electron chi connectivity index (χ1n) is 6.39. The Morgan fingerprint density at radius 1 is 1.50 bits per heavy atom. The Bertz CT molecular complexity index is 436. The van der Waals surface area contributed by atoms with Gasteiger partial charge in [-0.15, -0.1) is 0 Å². The highest BCUT2D eigenvalue weighted by atomic mass is 16.2. The first-order valence-corrected chi connectivity index (χ1v) is 6.39. The van der Waals surface area contributed by atoms with Crippen molar-refractivity contribution in [2.24, 2.45) is 0 Å². The van der Waals surface area contributed by atoms with Crippen molar-refractivity contribution in [3.05, 3.63) is 30.1 Å². The van der Waals surface area contributed by atoms with Gasteiger partial charge in [-0.1, -0.05) is 6.07 Å². The normalized spacial score (nSPS) is 29.2. The lowest BCUT2D eigenvalue weighted by Crippen LogP contribution is -2.63. The molecule has 3 heterocycles. The molecule has 2 fully saturated rings. The van der Waals surface area contributed by atoms with Crippen LogP contribution in [0, 0.1) is 0 Å². The molecule has 1 aromatic heterocycles. The maximum absolute atomic E-state index is 12.4. The third-order valence-corrected chi connectivity index (χ3v) is 3.82. The number of rotatable bonds is 1. The van der Waals surface area contributed by atoms with E-state index in [1.807, 2.05) is 24.1 Å². The molecule has 18 heavy (non-hydrogen) atoms. The fourth-order valence-electron chi connectivity index (χ4n) is 2.91. The topological polar surface area (TPSA) is 48.5 Å². The van der Waals surface area contributed by atoms with E-state index in [-0.39, 0.29) is 11.9 Å². The van der Waals surface area contributed by atoms with Crippen molar-refractivity contribution in [2.45, 2.75) is 12.1 Å². The van der Waals surface area contributed by atoms with Crippen molar-refractivity contribution in [1.29, 1.82) is 0 Å². The standard InChI is InChI=1S/C13H18N4O/c1-16-9-11-8-15-5-6-17(11)12(13(16)18)10-3-2-4-14-7-10/h2-4,7,11-12,15H,5-6,8-9H2,1H3. The maximum atomic E-state index is 12.4. The van der Waals surface area contributed by atoms with Gasteiger partial charge in [0.1, 0.15) is 6.04 Å². The van der Waals surface area contributed by atoms with Crippen LogP contribution < -0.4 is 5.32 Å². The molecule has 1 aromatic rings. The van der Waals surface area contributed by atoms with Crippen LogP contribution in [-0.2, 0) is 4.79 Å². The number of amides is 1. The average molecular weight is 246 g/mol. The van der Waals surface area contributed by atoms with Gasteiger partial charge in [0.2, 0.25) is 5.91 Å². The number of hydrogen-bond donors (Lipinski definition) is 1. The number of piperazine rings is 2. The molecule has 3 rings (SSSR count). The van der Waals surface area contributed by atoms with Crippen LogP contribution in [0.25, 0.3) is 0 Å². The summed E-state index contributed by atoms with van der Waals surface area (Å²) in [6.45, 7) is 3.63. The second kappa shape index (κ2) is 4.66. The molecule has 0 aromatic carbocycles. The van der Waals surface area contributed by atoms with Gasteiger partial charge in [0.05, 0.1) is 0 Å². The summed E-state index contributed by atoms with van der Waals surface area (Å²) in [5.74, 6) is 0.182. The van der Waals surface area contributed by atoms with E-state index in [4.69, 9.17) is 0 Å². The van der Waals surface area contributed by atoms with E-state index in [0.717, 1.165) is 31.7 Å². The summed E-state index contributed by atoms with van der Waals surface area (Å²) in [5, 5.41) is 3.40. The smallest absolute Gasteiger partial charge is 0.244 e. The zero-order chi connectivity index (χ0) is 12.5. The van der Waals surface area contributed by atoms with Gasteiger partial charge >= 0.3 is 0 Å². The molecule has 0 radical (unpaired) electrons. The molecule has 1 N–H and O–H groups in total. The van der Waals surface area contributed by atoms with Gasteiger partial charge in [0, 0.05) is 51.7 Å². The molecule has 5 heteroatoms. The lowest BCUT2D eigenvalue weighted by atomic mass is 9.98. The zero-order valence-corrected chi connectivity index (χ0v) is 10.5. The van der Waals surface area contributed by atoms with E-state index in [0.29, 0.717) is 6.04 Å². The van der Waals surface area contributed by atoms with Gasteiger partial charge in [-0.3, -0.25) is 14.7 Å². The minimum absolute atomic E-state index is 0.162. The lowest BCUT2D eigenvalue weighted by Gasteiger charge is -2.47. The Kier molecular flexibility index (Phi) is 3.01. The highest BCUT2D eigenvalue weighted by molar-refractivity contribution is 5.84. The van der Waals surface area contributed by atoms with E-state index in [9.17, 15) is 4.79 Å². The van der Waals surface area contributed by atoms with Crippen LogP contribution in [0.5, 0.6) is 0 Å². The zero-order valence-electron chi connectivity index (χ0n) is 10.5. The molecule has 1 amide bonds. The molecule has 0 saturated carbocycles. The third-order valence-electron chi connectivity index (χ3n) is 3.82. The van der Waals surface area contributed by atoms with Gasteiger partial charge in [0.25, 0.3) is 0 Å². The number of aromatic nitrogens is 1.